The summed E-state index contributed by atoms with van der Waals surface area (Å²) in [4.78, 5) is 41.8. The normalized spacial score (nSPS) is 11.9. The second-order valence-corrected chi connectivity index (χ2v) is 8.00. The van der Waals surface area contributed by atoms with Crippen LogP contribution in [0, 0.1) is 0 Å². The van der Waals surface area contributed by atoms with Crippen LogP contribution < -0.4 is 15.5 Å². The van der Waals surface area contributed by atoms with Crippen LogP contribution in [0.4, 0.5) is 5.69 Å². The number of hydrogen-bond donors (Lipinski definition) is 1. The predicted octanol–water partition coefficient (Wildman–Crippen LogP) is 3.55. The van der Waals surface area contributed by atoms with Crippen LogP contribution in [-0.2, 0) is 16.1 Å². The van der Waals surface area contributed by atoms with Crippen LogP contribution in [0.25, 0.3) is 21.2 Å². The Morgan fingerprint density at radius 1 is 1.22 bits per heavy atom. The molecule has 8 nitrogen and oxygen atoms in total. The average molecular weight is 452 g/mol. The number of aromatic nitrogens is 1. The molecule has 0 aliphatic heterocycles. The highest BCUT2D eigenvalue weighted by molar-refractivity contribution is 7.16. The maximum atomic E-state index is 12.9. The van der Waals surface area contributed by atoms with Crippen LogP contribution in [0.2, 0.25) is 0 Å². The van der Waals surface area contributed by atoms with Crippen molar-refractivity contribution in [3.63, 3.8) is 0 Å². The van der Waals surface area contributed by atoms with Crippen LogP contribution in [0.15, 0.2) is 62.9 Å². The lowest BCUT2D eigenvalue weighted by Gasteiger charge is -2.06. The molecule has 2 aromatic carbocycles. The summed E-state index contributed by atoms with van der Waals surface area (Å²) in [7, 11) is 0. The van der Waals surface area contributed by atoms with Crippen molar-refractivity contribution < 1.29 is 18.7 Å². The molecule has 164 valence electrons. The molecule has 0 unspecified atom stereocenters. The smallest absolute Gasteiger partial charge is 0.286 e. The van der Waals surface area contributed by atoms with Gasteiger partial charge in [-0.1, -0.05) is 23.5 Å². The average Bonchev–Trinajstić information content (AvgIpc) is 3.10. The second-order valence-electron chi connectivity index (χ2n) is 6.99. The molecule has 32 heavy (non-hydrogen) atoms. The van der Waals surface area contributed by atoms with Gasteiger partial charge in [0.1, 0.15) is 17.4 Å². The number of thiazole rings is 1. The first-order valence-corrected chi connectivity index (χ1v) is 10.9. The van der Waals surface area contributed by atoms with Gasteiger partial charge in [0.2, 0.25) is 11.3 Å². The molecule has 0 saturated carbocycles. The molecule has 2 aromatic heterocycles. The number of nitrogens with one attached hydrogen (secondary N) is 1. The van der Waals surface area contributed by atoms with E-state index < -0.39 is 11.3 Å². The third-order valence-corrected chi connectivity index (χ3v) is 5.82. The number of fused-ring (bicyclic) bond motifs is 2. The Bertz CT molecular complexity index is 1450. The van der Waals surface area contributed by atoms with E-state index in [0.29, 0.717) is 41.2 Å². The summed E-state index contributed by atoms with van der Waals surface area (Å²) >= 11 is 1.29. The van der Waals surface area contributed by atoms with Gasteiger partial charge < -0.3 is 19.0 Å². The minimum atomic E-state index is -0.677. The maximum absolute atomic E-state index is 12.9. The highest BCUT2D eigenvalue weighted by Gasteiger charge is 2.15. The SMILES string of the molecule is CCOCCn1c(=NC(=O)c2coc3ccccc3c2=O)sc2cc(NC(C)=O)ccc21. The number of nitrogens with zero attached hydrogens (tertiary/aromatic N) is 2. The topological polar surface area (TPSA) is 103 Å². The van der Waals surface area contributed by atoms with Crippen LogP contribution in [-0.4, -0.2) is 29.6 Å². The Morgan fingerprint density at radius 3 is 2.81 bits per heavy atom. The van der Waals surface area contributed by atoms with Gasteiger partial charge in [-0.25, -0.2) is 0 Å². The maximum Gasteiger partial charge on any atom is 0.286 e. The number of carbonyl (C=O) groups is 2. The number of benzene rings is 2. The van der Waals surface area contributed by atoms with Gasteiger partial charge in [0.15, 0.2) is 4.80 Å². The van der Waals surface area contributed by atoms with Gasteiger partial charge >= 0.3 is 0 Å². The molecular weight excluding hydrogens is 430 g/mol. The molecule has 0 fully saturated rings. The predicted molar refractivity (Wildman–Crippen MR) is 123 cm³/mol. The van der Waals surface area contributed by atoms with Gasteiger partial charge in [0, 0.05) is 25.8 Å². The molecule has 0 spiro atoms. The van der Waals surface area contributed by atoms with E-state index in [1.165, 1.54) is 18.3 Å². The molecular formula is C23H21N3O5S. The summed E-state index contributed by atoms with van der Waals surface area (Å²) in [5.74, 6) is -0.850. The zero-order valence-corrected chi connectivity index (χ0v) is 18.4. The number of carbonyl (C=O) groups excluding carboxylic acids is 2. The summed E-state index contributed by atoms with van der Waals surface area (Å²) in [6.07, 6.45) is 1.16. The molecule has 2 heterocycles. The van der Waals surface area contributed by atoms with Crippen molar-refractivity contribution in [2.24, 2.45) is 4.99 Å². The Kier molecular flexibility index (Phi) is 6.29. The minimum absolute atomic E-state index is 0.128. The summed E-state index contributed by atoms with van der Waals surface area (Å²) < 4.78 is 13.6. The fraction of sp³-hybridized carbons (Fsp3) is 0.217. The van der Waals surface area contributed by atoms with Crippen LogP contribution in [0.1, 0.15) is 24.2 Å². The largest absolute Gasteiger partial charge is 0.463 e. The van der Waals surface area contributed by atoms with Crippen molar-refractivity contribution in [3.05, 3.63) is 69.3 Å². The monoisotopic (exact) mass is 451 g/mol. The second kappa shape index (κ2) is 9.29. The Labute approximate surface area is 186 Å². The van der Waals surface area contributed by atoms with E-state index in [0.717, 1.165) is 16.5 Å². The Hall–Kier alpha value is -3.56. The summed E-state index contributed by atoms with van der Waals surface area (Å²) in [6.45, 7) is 4.83. The van der Waals surface area contributed by atoms with Crippen LogP contribution >= 0.6 is 11.3 Å². The van der Waals surface area contributed by atoms with Crippen LogP contribution in [0.3, 0.4) is 0 Å². The first-order valence-electron chi connectivity index (χ1n) is 10.1. The van der Waals surface area contributed by atoms with Crippen molar-refractivity contribution >= 4 is 50.0 Å². The van der Waals surface area contributed by atoms with E-state index >= 15 is 0 Å². The summed E-state index contributed by atoms with van der Waals surface area (Å²) in [5.41, 5.74) is 1.36. The van der Waals surface area contributed by atoms with E-state index in [1.54, 1.807) is 30.3 Å². The lowest BCUT2D eigenvalue weighted by molar-refractivity contribution is -0.114. The van der Waals surface area contributed by atoms with Gasteiger partial charge in [-0.05, 0) is 37.3 Å². The van der Waals surface area contributed by atoms with Crippen molar-refractivity contribution in [1.82, 2.24) is 4.57 Å². The fourth-order valence-corrected chi connectivity index (χ4v) is 4.42. The van der Waals surface area contributed by atoms with Gasteiger partial charge in [0.25, 0.3) is 5.91 Å². The highest BCUT2D eigenvalue weighted by atomic mass is 32.1. The zero-order valence-electron chi connectivity index (χ0n) is 17.6. The van der Waals surface area contributed by atoms with Crippen molar-refractivity contribution in [2.45, 2.75) is 20.4 Å². The van der Waals surface area contributed by atoms with E-state index in [4.69, 9.17) is 9.15 Å². The molecule has 4 rings (SSSR count). The number of amides is 2. The number of hydrogen-bond acceptors (Lipinski definition) is 6. The van der Waals surface area contributed by atoms with Gasteiger partial charge in [-0.3, -0.25) is 14.4 Å². The molecule has 0 aliphatic carbocycles. The molecule has 0 radical (unpaired) electrons. The quantitative estimate of drug-likeness (QED) is 0.452. The van der Waals surface area contributed by atoms with E-state index in [9.17, 15) is 14.4 Å². The van der Waals surface area contributed by atoms with Crippen molar-refractivity contribution in [3.8, 4) is 0 Å². The fourth-order valence-electron chi connectivity index (χ4n) is 3.33. The Balaban J connectivity index is 1.81. The van der Waals surface area contributed by atoms with E-state index in [2.05, 4.69) is 10.3 Å². The first-order chi connectivity index (χ1) is 15.5. The zero-order chi connectivity index (χ0) is 22.7. The van der Waals surface area contributed by atoms with E-state index in [-0.39, 0.29) is 11.5 Å². The molecule has 0 aliphatic rings. The molecule has 0 saturated heterocycles. The molecule has 1 N–H and O–H groups in total. The number of anilines is 1. The third-order valence-electron chi connectivity index (χ3n) is 4.77. The number of ether oxygens (including phenoxy) is 1. The van der Waals surface area contributed by atoms with Gasteiger partial charge in [-0.2, -0.15) is 4.99 Å². The first kappa shape index (κ1) is 21.7. The van der Waals surface area contributed by atoms with Crippen molar-refractivity contribution in [2.75, 3.05) is 18.5 Å². The molecule has 9 heteroatoms. The van der Waals surface area contributed by atoms with Gasteiger partial charge in [-0.15, -0.1) is 0 Å². The van der Waals surface area contributed by atoms with Gasteiger partial charge in [0.05, 0.1) is 22.2 Å². The Morgan fingerprint density at radius 2 is 2.03 bits per heavy atom. The minimum Gasteiger partial charge on any atom is -0.463 e. The lowest BCUT2D eigenvalue weighted by atomic mass is 10.2. The number of para-hydroxylation sites is 1. The number of rotatable bonds is 6. The molecule has 0 atom stereocenters. The van der Waals surface area contributed by atoms with E-state index in [1.807, 2.05) is 23.6 Å². The summed E-state index contributed by atoms with van der Waals surface area (Å²) in [5, 5.41) is 3.08. The summed E-state index contributed by atoms with van der Waals surface area (Å²) in [6, 6.07) is 12.2. The third kappa shape index (κ3) is 4.39. The molecule has 4 aromatic rings. The molecule has 0 bridgehead atoms. The molecule has 2 amide bonds. The standard InChI is InChI=1S/C23H21N3O5S/c1-3-30-11-10-26-18-9-8-15(24-14(2)27)12-20(18)32-23(26)25-22(29)17-13-31-19-7-5-4-6-16(19)21(17)28/h4-9,12-13H,3,10-11H2,1-2H3,(H,24,27). The lowest BCUT2D eigenvalue weighted by Crippen LogP contribution is -2.21. The van der Waals surface area contributed by atoms with Crippen LogP contribution in [0.5, 0.6) is 0 Å². The highest BCUT2D eigenvalue weighted by Crippen LogP contribution is 2.22. The van der Waals surface area contributed by atoms with Crippen molar-refractivity contribution in [1.29, 1.82) is 0 Å².